The maximum atomic E-state index is 10.3. The highest BCUT2D eigenvalue weighted by molar-refractivity contribution is 7.99. The van der Waals surface area contributed by atoms with Gasteiger partial charge in [-0.25, -0.2) is 0 Å². The molecule has 2 aliphatic carbocycles. The summed E-state index contributed by atoms with van der Waals surface area (Å²) in [5, 5.41) is 10.7. The van der Waals surface area contributed by atoms with Crippen molar-refractivity contribution in [2.24, 2.45) is 16.7 Å². The first-order chi connectivity index (χ1) is 5.95. The molecule has 2 bridgehead atoms. The Hall–Kier alpha value is 0.310. The topological polar surface area (TPSA) is 20.2 Å². The van der Waals surface area contributed by atoms with Crippen LogP contribution in [-0.4, -0.2) is 22.7 Å². The summed E-state index contributed by atoms with van der Waals surface area (Å²) >= 11 is 1.85. The van der Waals surface area contributed by atoms with Crippen molar-refractivity contribution in [2.45, 2.75) is 45.0 Å². The van der Waals surface area contributed by atoms with Crippen LogP contribution in [0.15, 0.2) is 0 Å². The van der Waals surface area contributed by atoms with E-state index in [-0.39, 0.29) is 11.5 Å². The molecule has 0 aromatic carbocycles. The number of hydrogen-bond acceptors (Lipinski definition) is 2. The second kappa shape index (κ2) is 2.66. The third-order valence-corrected chi connectivity index (χ3v) is 6.14. The number of thioether (sulfide) groups is 1. The highest BCUT2D eigenvalue weighted by Crippen LogP contribution is 2.67. The van der Waals surface area contributed by atoms with E-state index in [1.54, 1.807) is 0 Å². The fraction of sp³-hybridized carbons (Fsp3) is 1.00. The molecule has 0 radical (unpaired) electrons. The van der Waals surface area contributed by atoms with Gasteiger partial charge in [-0.1, -0.05) is 20.8 Å². The SMILES string of the molecule is CSC1C2CCC(C)(C1O)C2(C)C. The largest absolute Gasteiger partial charge is 0.391 e. The van der Waals surface area contributed by atoms with E-state index >= 15 is 0 Å². The quantitative estimate of drug-likeness (QED) is 0.702. The van der Waals surface area contributed by atoms with Gasteiger partial charge in [-0.3, -0.25) is 0 Å². The van der Waals surface area contributed by atoms with Crippen LogP contribution in [0.1, 0.15) is 33.6 Å². The fourth-order valence-corrected chi connectivity index (χ4v) is 4.90. The Bertz CT molecular complexity index is 226. The number of aliphatic hydroxyl groups is 1. The van der Waals surface area contributed by atoms with Crippen molar-refractivity contribution in [1.29, 1.82) is 0 Å². The van der Waals surface area contributed by atoms with E-state index in [0.29, 0.717) is 10.7 Å². The Morgan fingerprint density at radius 3 is 2.23 bits per heavy atom. The summed E-state index contributed by atoms with van der Waals surface area (Å²) in [5.74, 6) is 0.725. The van der Waals surface area contributed by atoms with Gasteiger partial charge in [0.25, 0.3) is 0 Å². The molecule has 4 atom stereocenters. The van der Waals surface area contributed by atoms with Crippen LogP contribution < -0.4 is 0 Å². The smallest absolute Gasteiger partial charge is 0.0720 e. The summed E-state index contributed by atoms with van der Waals surface area (Å²) in [6.07, 6.45) is 4.57. The fourth-order valence-electron chi connectivity index (χ4n) is 3.54. The van der Waals surface area contributed by atoms with Crippen LogP contribution >= 0.6 is 11.8 Å². The molecule has 76 valence electrons. The molecular formula is C11H20OS. The zero-order valence-electron chi connectivity index (χ0n) is 9.00. The standard InChI is InChI=1S/C11H20OS/c1-10(2)7-5-6-11(10,3)9(12)8(7)13-4/h7-9,12H,5-6H2,1-4H3. The number of fused-ring (bicyclic) bond motifs is 2. The minimum Gasteiger partial charge on any atom is -0.391 e. The molecule has 0 amide bonds. The monoisotopic (exact) mass is 200 g/mol. The minimum atomic E-state index is -0.0868. The average Bonchev–Trinajstić information content (AvgIpc) is 2.36. The number of hydrogen-bond donors (Lipinski definition) is 1. The zero-order valence-corrected chi connectivity index (χ0v) is 9.82. The Labute approximate surface area is 85.3 Å². The molecule has 1 N–H and O–H groups in total. The molecule has 0 aromatic rings. The van der Waals surface area contributed by atoms with E-state index in [1.807, 2.05) is 11.8 Å². The Morgan fingerprint density at radius 1 is 1.31 bits per heavy atom. The molecule has 13 heavy (non-hydrogen) atoms. The molecule has 2 heteroatoms. The zero-order chi connectivity index (χ0) is 9.85. The van der Waals surface area contributed by atoms with Crippen LogP contribution in [0.4, 0.5) is 0 Å². The molecule has 0 aromatic heterocycles. The summed E-state index contributed by atoms with van der Waals surface area (Å²) < 4.78 is 0. The maximum Gasteiger partial charge on any atom is 0.0720 e. The van der Waals surface area contributed by atoms with Gasteiger partial charge < -0.3 is 5.11 Å². The summed E-state index contributed by atoms with van der Waals surface area (Å²) in [7, 11) is 0. The van der Waals surface area contributed by atoms with Crippen LogP contribution in [0.3, 0.4) is 0 Å². The summed E-state index contributed by atoms with van der Waals surface area (Å²) in [6, 6.07) is 0. The highest BCUT2D eigenvalue weighted by Gasteiger charge is 2.65. The third kappa shape index (κ3) is 0.940. The molecule has 2 aliphatic rings. The first-order valence-electron chi connectivity index (χ1n) is 5.16. The van der Waals surface area contributed by atoms with Gasteiger partial charge in [0.15, 0.2) is 0 Å². The van der Waals surface area contributed by atoms with Gasteiger partial charge in [0.2, 0.25) is 0 Å². The van der Waals surface area contributed by atoms with Gasteiger partial charge >= 0.3 is 0 Å². The molecule has 0 heterocycles. The maximum absolute atomic E-state index is 10.3. The second-order valence-electron chi connectivity index (χ2n) is 5.43. The van der Waals surface area contributed by atoms with Gasteiger partial charge in [-0.15, -0.1) is 0 Å². The molecule has 2 fully saturated rings. The number of aliphatic hydroxyl groups excluding tert-OH is 1. The van der Waals surface area contributed by atoms with Crippen molar-refractivity contribution in [3.05, 3.63) is 0 Å². The molecular weight excluding hydrogens is 180 g/mol. The van der Waals surface area contributed by atoms with Crippen LogP contribution in [-0.2, 0) is 0 Å². The third-order valence-electron chi connectivity index (χ3n) is 5.01. The van der Waals surface area contributed by atoms with Crippen molar-refractivity contribution in [1.82, 2.24) is 0 Å². The van der Waals surface area contributed by atoms with E-state index in [4.69, 9.17) is 0 Å². The van der Waals surface area contributed by atoms with Gasteiger partial charge in [-0.05, 0) is 35.8 Å². The van der Waals surface area contributed by atoms with Gasteiger partial charge in [0.1, 0.15) is 0 Å². The van der Waals surface area contributed by atoms with Crippen molar-refractivity contribution in [3.63, 3.8) is 0 Å². The van der Waals surface area contributed by atoms with Crippen LogP contribution in [0, 0.1) is 16.7 Å². The minimum absolute atomic E-state index is 0.0868. The van der Waals surface area contributed by atoms with Gasteiger partial charge in [-0.2, -0.15) is 11.8 Å². The lowest BCUT2D eigenvalue weighted by Crippen LogP contribution is -2.38. The van der Waals surface area contributed by atoms with Crippen molar-refractivity contribution in [2.75, 3.05) is 6.26 Å². The van der Waals surface area contributed by atoms with Crippen molar-refractivity contribution >= 4 is 11.8 Å². The van der Waals surface area contributed by atoms with E-state index in [9.17, 15) is 5.11 Å². The average molecular weight is 200 g/mol. The Balaban J connectivity index is 2.39. The second-order valence-corrected chi connectivity index (χ2v) is 6.45. The lowest BCUT2D eigenvalue weighted by atomic mass is 9.70. The molecule has 4 unspecified atom stereocenters. The lowest BCUT2D eigenvalue weighted by Gasteiger charge is -2.37. The highest BCUT2D eigenvalue weighted by atomic mass is 32.2. The molecule has 2 rings (SSSR count). The van der Waals surface area contributed by atoms with E-state index in [2.05, 4.69) is 27.0 Å². The van der Waals surface area contributed by atoms with Crippen molar-refractivity contribution in [3.8, 4) is 0 Å². The van der Waals surface area contributed by atoms with Crippen molar-refractivity contribution < 1.29 is 5.11 Å². The first-order valence-corrected chi connectivity index (χ1v) is 6.45. The van der Waals surface area contributed by atoms with E-state index in [1.165, 1.54) is 12.8 Å². The van der Waals surface area contributed by atoms with E-state index < -0.39 is 0 Å². The molecule has 1 nitrogen and oxygen atoms in total. The Kier molecular flexibility index (Phi) is 2.02. The van der Waals surface area contributed by atoms with Gasteiger partial charge in [0, 0.05) is 5.25 Å². The first kappa shape index (κ1) is 9.85. The molecule has 0 saturated heterocycles. The summed E-state index contributed by atoms with van der Waals surface area (Å²) in [4.78, 5) is 0. The Morgan fingerprint density at radius 2 is 1.92 bits per heavy atom. The predicted octanol–water partition coefficient (Wildman–Crippen LogP) is 2.54. The molecule has 2 saturated carbocycles. The summed E-state index contributed by atoms with van der Waals surface area (Å²) in [5.41, 5.74) is 0.505. The predicted molar refractivity (Wildman–Crippen MR) is 57.9 cm³/mol. The van der Waals surface area contributed by atoms with Crippen LogP contribution in [0.2, 0.25) is 0 Å². The van der Waals surface area contributed by atoms with Crippen LogP contribution in [0.5, 0.6) is 0 Å². The summed E-state index contributed by atoms with van der Waals surface area (Å²) in [6.45, 7) is 6.95. The molecule has 0 aliphatic heterocycles. The lowest BCUT2D eigenvalue weighted by molar-refractivity contribution is 0.0148. The van der Waals surface area contributed by atoms with Crippen LogP contribution in [0.25, 0.3) is 0 Å². The molecule has 0 spiro atoms. The normalized spacial score (nSPS) is 52.8. The van der Waals surface area contributed by atoms with Gasteiger partial charge in [0.05, 0.1) is 6.10 Å². The van der Waals surface area contributed by atoms with E-state index in [0.717, 1.165) is 5.92 Å². The number of rotatable bonds is 1.